The van der Waals surface area contributed by atoms with E-state index in [2.05, 4.69) is 5.32 Å². The van der Waals surface area contributed by atoms with E-state index < -0.39 is 0 Å². The van der Waals surface area contributed by atoms with Crippen LogP contribution in [0.3, 0.4) is 0 Å². The molecule has 1 aliphatic carbocycles. The standard InChI is InChI=1S/C15H19F2NO/c1-18-8-14(5-2-6-14)15(9-19-10-15)12-7-11(16)3-4-13(12)17/h3-4,7,18H,2,5-6,8-10H2,1H3. The van der Waals surface area contributed by atoms with Crippen LogP contribution < -0.4 is 5.32 Å². The first-order valence-corrected chi connectivity index (χ1v) is 6.81. The fourth-order valence-electron chi connectivity index (χ4n) is 3.68. The van der Waals surface area contributed by atoms with Crippen LogP contribution in [-0.2, 0) is 10.2 Å². The molecule has 1 aromatic rings. The molecule has 3 rings (SSSR count). The van der Waals surface area contributed by atoms with Gasteiger partial charge in [0.05, 0.1) is 18.6 Å². The van der Waals surface area contributed by atoms with Crippen LogP contribution in [0.15, 0.2) is 18.2 Å². The Kier molecular flexibility index (Phi) is 3.10. The largest absolute Gasteiger partial charge is 0.379 e. The quantitative estimate of drug-likeness (QED) is 0.905. The molecule has 1 aliphatic heterocycles. The van der Waals surface area contributed by atoms with Crippen molar-refractivity contribution in [2.24, 2.45) is 5.41 Å². The molecule has 1 aromatic carbocycles. The second-order valence-corrected chi connectivity index (χ2v) is 5.86. The van der Waals surface area contributed by atoms with E-state index in [0.717, 1.165) is 25.8 Å². The molecular weight excluding hydrogens is 248 g/mol. The maximum atomic E-state index is 14.2. The van der Waals surface area contributed by atoms with Crippen LogP contribution in [0.4, 0.5) is 8.78 Å². The Labute approximate surface area is 112 Å². The summed E-state index contributed by atoms with van der Waals surface area (Å²) in [4.78, 5) is 0. The summed E-state index contributed by atoms with van der Waals surface area (Å²) in [6, 6.07) is 3.77. The Morgan fingerprint density at radius 3 is 2.47 bits per heavy atom. The predicted octanol–water partition coefficient (Wildman–Crippen LogP) is 2.62. The molecule has 0 bridgehead atoms. The van der Waals surface area contributed by atoms with Gasteiger partial charge in [-0.15, -0.1) is 0 Å². The first kappa shape index (κ1) is 13.0. The van der Waals surface area contributed by atoms with Gasteiger partial charge >= 0.3 is 0 Å². The maximum Gasteiger partial charge on any atom is 0.127 e. The zero-order valence-electron chi connectivity index (χ0n) is 11.1. The molecule has 0 atom stereocenters. The highest BCUT2D eigenvalue weighted by Gasteiger charge is 2.60. The molecular formula is C15H19F2NO. The van der Waals surface area contributed by atoms with Crippen molar-refractivity contribution in [1.82, 2.24) is 5.32 Å². The average molecular weight is 267 g/mol. The van der Waals surface area contributed by atoms with Crippen molar-refractivity contribution >= 4 is 0 Å². The minimum Gasteiger partial charge on any atom is -0.379 e. The van der Waals surface area contributed by atoms with E-state index in [-0.39, 0.29) is 22.5 Å². The van der Waals surface area contributed by atoms with Crippen LogP contribution in [0.5, 0.6) is 0 Å². The van der Waals surface area contributed by atoms with Crippen molar-refractivity contribution in [2.45, 2.75) is 24.7 Å². The van der Waals surface area contributed by atoms with Gasteiger partial charge in [-0.05, 0) is 43.5 Å². The van der Waals surface area contributed by atoms with Gasteiger partial charge in [-0.1, -0.05) is 6.42 Å². The van der Waals surface area contributed by atoms with Crippen LogP contribution >= 0.6 is 0 Å². The van der Waals surface area contributed by atoms with Gasteiger partial charge in [-0.2, -0.15) is 0 Å². The monoisotopic (exact) mass is 267 g/mol. The predicted molar refractivity (Wildman–Crippen MR) is 69.1 cm³/mol. The SMILES string of the molecule is CNCC1(C2(c3cc(F)ccc3F)COC2)CCC1. The van der Waals surface area contributed by atoms with E-state index in [1.165, 1.54) is 18.2 Å². The summed E-state index contributed by atoms with van der Waals surface area (Å²) in [6.07, 6.45) is 3.25. The third-order valence-corrected chi connectivity index (χ3v) is 4.98. The van der Waals surface area contributed by atoms with Crippen molar-refractivity contribution in [3.05, 3.63) is 35.4 Å². The Bertz CT molecular complexity index is 481. The maximum absolute atomic E-state index is 14.2. The number of ether oxygens (including phenoxy) is 1. The minimum absolute atomic E-state index is 0.00856. The summed E-state index contributed by atoms with van der Waals surface area (Å²) in [7, 11) is 1.91. The second-order valence-electron chi connectivity index (χ2n) is 5.86. The van der Waals surface area contributed by atoms with E-state index in [9.17, 15) is 8.78 Å². The molecule has 2 nitrogen and oxygen atoms in total. The molecule has 0 spiro atoms. The van der Waals surface area contributed by atoms with Gasteiger partial charge in [-0.3, -0.25) is 0 Å². The Morgan fingerprint density at radius 1 is 1.26 bits per heavy atom. The summed E-state index contributed by atoms with van der Waals surface area (Å²) in [5, 5.41) is 3.22. The van der Waals surface area contributed by atoms with E-state index in [0.29, 0.717) is 18.8 Å². The molecule has 1 saturated carbocycles. The lowest BCUT2D eigenvalue weighted by atomic mass is 9.49. The van der Waals surface area contributed by atoms with Gasteiger partial charge < -0.3 is 10.1 Å². The molecule has 2 fully saturated rings. The van der Waals surface area contributed by atoms with Gasteiger partial charge in [0, 0.05) is 12.1 Å². The molecule has 19 heavy (non-hydrogen) atoms. The van der Waals surface area contributed by atoms with E-state index in [1.54, 1.807) is 0 Å². The summed E-state index contributed by atoms with van der Waals surface area (Å²) >= 11 is 0. The van der Waals surface area contributed by atoms with Crippen molar-refractivity contribution in [2.75, 3.05) is 26.8 Å². The van der Waals surface area contributed by atoms with Crippen LogP contribution in [0.1, 0.15) is 24.8 Å². The molecule has 1 N–H and O–H groups in total. The third-order valence-electron chi connectivity index (χ3n) is 4.98. The highest BCUT2D eigenvalue weighted by atomic mass is 19.1. The summed E-state index contributed by atoms with van der Waals surface area (Å²) in [6.45, 7) is 1.82. The van der Waals surface area contributed by atoms with Crippen molar-refractivity contribution in [3.8, 4) is 0 Å². The van der Waals surface area contributed by atoms with Crippen LogP contribution in [0.2, 0.25) is 0 Å². The summed E-state index contributed by atoms with van der Waals surface area (Å²) in [5.74, 6) is -0.686. The van der Waals surface area contributed by atoms with Crippen molar-refractivity contribution < 1.29 is 13.5 Å². The zero-order chi connectivity index (χ0) is 13.5. The molecule has 0 radical (unpaired) electrons. The van der Waals surface area contributed by atoms with Crippen LogP contribution in [0.25, 0.3) is 0 Å². The van der Waals surface area contributed by atoms with E-state index in [4.69, 9.17) is 4.74 Å². The first-order valence-electron chi connectivity index (χ1n) is 6.81. The molecule has 1 saturated heterocycles. The third kappa shape index (κ3) is 1.73. The summed E-state index contributed by atoms with van der Waals surface area (Å²) < 4.78 is 33.1. The summed E-state index contributed by atoms with van der Waals surface area (Å²) in [5.41, 5.74) is 0.142. The van der Waals surface area contributed by atoms with Gasteiger partial charge in [0.25, 0.3) is 0 Å². The van der Waals surface area contributed by atoms with E-state index in [1.807, 2.05) is 7.05 Å². The van der Waals surface area contributed by atoms with Crippen molar-refractivity contribution in [1.29, 1.82) is 0 Å². The smallest absolute Gasteiger partial charge is 0.127 e. The van der Waals surface area contributed by atoms with Crippen molar-refractivity contribution in [3.63, 3.8) is 0 Å². The fourth-order valence-corrected chi connectivity index (χ4v) is 3.68. The molecule has 2 aliphatic rings. The number of halogens is 2. The van der Waals surface area contributed by atoms with Gasteiger partial charge in [-0.25, -0.2) is 8.78 Å². The topological polar surface area (TPSA) is 21.3 Å². The average Bonchev–Trinajstić information content (AvgIpc) is 2.28. The van der Waals surface area contributed by atoms with Gasteiger partial charge in [0.2, 0.25) is 0 Å². The van der Waals surface area contributed by atoms with Crippen LogP contribution in [-0.4, -0.2) is 26.8 Å². The van der Waals surface area contributed by atoms with Crippen LogP contribution in [0, 0.1) is 17.0 Å². The molecule has 0 unspecified atom stereocenters. The molecule has 4 heteroatoms. The second kappa shape index (κ2) is 4.53. The highest BCUT2D eigenvalue weighted by Crippen LogP contribution is 2.58. The first-order chi connectivity index (χ1) is 9.13. The normalized spacial score (nSPS) is 23.5. The van der Waals surface area contributed by atoms with Gasteiger partial charge in [0.1, 0.15) is 11.6 Å². The lowest BCUT2D eigenvalue weighted by Gasteiger charge is -2.60. The molecule has 104 valence electrons. The van der Waals surface area contributed by atoms with E-state index >= 15 is 0 Å². The minimum atomic E-state index is -0.374. The number of hydrogen-bond donors (Lipinski definition) is 1. The Balaban J connectivity index is 2.05. The molecule has 0 amide bonds. The lowest BCUT2D eigenvalue weighted by molar-refractivity contribution is -0.157. The number of nitrogens with one attached hydrogen (secondary N) is 1. The molecule has 1 heterocycles. The lowest BCUT2D eigenvalue weighted by Crippen LogP contribution is -2.64. The fraction of sp³-hybridized carbons (Fsp3) is 0.600. The Morgan fingerprint density at radius 2 is 2.00 bits per heavy atom. The number of benzene rings is 1. The van der Waals surface area contributed by atoms with Gasteiger partial charge in [0.15, 0.2) is 0 Å². The number of hydrogen-bond acceptors (Lipinski definition) is 2. The zero-order valence-corrected chi connectivity index (χ0v) is 11.1. The Hall–Kier alpha value is -1.00. The molecule has 0 aromatic heterocycles. The highest BCUT2D eigenvalue weighted by molar-refractivity contribution is 5.35. The number of rotatable bonds is 4.